The van der Waals surface area contributed by atoms with Gasteiger partial charge in [-0.3, -0.25) is 9.88 Å². The van der Waals surface area contributed by atoms with E-state index < -0.39 is 0 Å². The Morgan fingerprint density at radius 1 is 1.12 bits per heavy atom. The quantitative estimate of drug-likeness (QED) is 0.578. The number of anilines is 2. The number of nitrogens with zero attached hydrogens (tertiary/aromatic N) is 5. The number of pyridine rings is 2. The van der Waals surface area contributed by atoms with E-state index in [1.54, 1.807) is 7.11 Å². The molecule has 1 N–H and O–H groups in total. The van der Waals surface area contributed by atoms with Crippen LogP contribution in [0.15, 0.2) is 42.7 Å². The molecule has 0 aromatic carbocycles. The SMILES string of the molecule is COCCc1ncc(CN2CCO[C@H](c3cc(Nc4cccc(C)n4)cc(C)n3)C2)cn1. The molecule has 0 bridgehead atoms. The molecule has 3 aromatic rings. The second-order valence-corrected chi connectivity index (χ2v) is 8.06. The van der Waals surface area contributed by atoms with Gasteiger partial charge in [-0.15, -0.1) is 0 Å². The summed E-state index contributed by atoms with van der Waals surface area (Å²) < 4.78 is 11.2. The van der Waals surface area contributed by atoms with Gasteiger partial charge in [-0.05, 0) is 38.1 Å². The number of methoxy groups -OCH3 is 1. The minimum atomic E-state index is -0.0865. The monoisotopic (exact) mass is 434 g/mol. The van der Waals surface area contributed by atoms with Gasteiger partial charge in [0.1, 0.15) is 17.7 Å². The number of rotatable bonds is 8. The average Bonchev–Trinajstić information content (AvgIpc) is 2.78. The highest BCUT2D eigenvalue weighted by molar-refractivity contribution is 5.57. The van der Waals surface area contributed by atoms with Crippen molar-refractivity contribution in [1.29, 1.82) is 0 Å². The number of morpholine rings is 1. The van der Waals surface area contributed by atoms with Gasteiger partial charge in [0.05, 0.1) is 18.9 Å². The van der Waals surface area contributed by atoms with Crippen molar-refractivity contribution in [2.45, 2.75) is 32.9 Å². The van der Waals surface area contributed by atoms with Crippen LogP contribution in [0, 0.1) is 13.8 Å². The summed E-state index contributed by atoms with van der Waals surface area (Å²) in [7, 11) is 1.69. The van der Waals surface area contributed by atoms with Gasteiger partial charge in [0.25, 0.3) is 0 Å². The fourth-order valence-electron chi connectivity index (χ4n) is 3.76. The molecule has 8 nitrogen and oxygen atoms in total. The zero-order chi connectivity index (χ0) is 22.3. The molecule has 3 aromatic heterocycles. The summed E-state index contributed by atoms with van der Waals surface area (Å²) in [5.74, 6) is 1.63. The Labute approximate surface area is 189 Å². The maximum Gasteiger partial charge on any atom is 0.130 e. The van der Waals surface area contributed by atoms with Crippen molar-refractivity contribution >= 4 is 11.5 Å². The van der Waals surface area contributed by atoms with Gasteiger partial charge >= 0.3 is 0 Å². The highest BCUT2D eigenvalue weighted by atomic mass is 16.5. The predicted octanol–water partition coefficient (Wildman–Crippen LogP) is 3.39. The minimum Gasteiger partial charge on any atom is -0.384 e. The summed E-state index contributed by atoms with van der Waals surface area (Å²) in [5, 5.41) is 3.39. The van der Waals surface area contributed by atoms with E-state index in [1.165, 1.54) is 0 Å². The van der Waals surface area contributed by atoms with E-state index in [0.29, 0.717) is 13.2 Å². The lowest BCUT2D eigenvalue weighted by Crippen LogP contribution is -2.38. The maximum atomic E-state index is 6.08. The Bertz CT molecular complexity index is 1030. The van der Waals surface area contributed by atoms with E-state index in [-0.39, 0.29) is 6.10 Å². The fraction of sp³-hybridized carbons (Fsp3) is 0.417. The van der Waals surface area contributed by atoms with Crippen LogP contribution in [0.4, 0.5) is 11.5 Å². The van der Waals surface area contributed by atoms with E-state index in [9.17, 15) is 0 Å². The number of ether oxygens (including phenoxy) is 2. The fourth-order valence-corrected chi connectivity index (χ4v) is 3.76. The smallest absolute Gasteiger partial charge is 0.130 e. The van der Waals surface area contributed by atoms with E-state index >= 15 is 0 Å². The first kappa shape index (κ1) is 22.3. The molecule has 1 atom stereocenters. The molecule has 4 rings (SSSR count). The Kier molecular flexibility index (Phi) is 7.36. The standard InChI is InChI=1S/C24H30N6O2/c1-17-5-4-6-24(28-17)29-20-11-18(2)27-21(12-20)22-16-30(8-10-32-22)15-19-13-25-23(26-14-19)7-9-31-3/h4-6,11-14,22H,7-10,15-16H2,1-3H3,(H,27,28,29)/t22-/m0/s1. The maximum absolute atomic E-state index is 6.08. The first-order valence-corrected chi connectivity index (χ1v) is 10.9. The van der Waals surface area contributed by atoms with Crippen LogP contribution in [0.2, 0.25) is 0 Å². The topological polar surface area (TPSA) is 85.3 Å². The van der Waals surface area contributed by atoms with Crippen molar-refractivity contribution in [2.75, 3.05) is 38.7 Å². The zero-order valence-electron chi connectivity index (χ0n) is 18.9. The van der Waals surface area contributed by atoms with E-state index in [4.69, 9.17) is 14.5 Å². The van der Waals surface area contributed by atoms with Gasteiger partial charge in [-0.2, -0.15) is 0 Å². The predicted molar refractivity (Wildman–Crippen MR) is 123 cm³/mol. The Hall–Kier alpha value is -2.94. The highest BCUT2D eigenvalue weighted by Crippen LogP contribution is 2.26. The van der Waals surface area contributed by atoms with Crippen molar-refractivity contribution in [2.24, 2.45) is 0 Å². The van der Waals surface area contributed by atoms with Crippen LogP contribution >= 0.6 is 0 Å². The molecule has 8 heteroatoms. The number of nitrogens with one attached hydrogen (secondary N) is 1. The van der Waals surface area contributed by atoms with Crippen LogP contribution in [-0.4, -0.2) is 58.2 Å². The minimum absolute atomic E-state index is 0.0865. The molecule has 32 heavy (non-hydrogen) atoms. The number of hydrogen-bond acceptors (Lipinski definition) is 8. The van der Waals surface area contributed by atoms with Crippen molar-refractivity contribution in [1.82, 2.24) is 24.8 Å². The lowest BCUT2D eigenvalue weighted by molar-refractivity contribution is -0.0350. The van der Waals surface area contributed by atoms with Crippen molar-refractivity contribution in [3.05, 3.63) is 71.2 Å². The number of aromatic nitrogens is 4. The summed E-state index contributed by atoms with van der Waals surface area (Å²) >= 11 is 0. The van der Waals surface area contributed by atoms with Crippen LogP contribution in [0.3, 0.4) is 0 Å². The van der Waals surface area contributed by atoms with Crippen molar-refractivity contribution in [3.8, 4) is 0 Å². The van der Waals surface area contributed by atoms with E-state index in [1.807, 2.05) is 50.5 Å². The highest BCUT2D eigenvalue weighted by Gasteiger charge is 2.24. The lowest BCUT2D eigenvalue weighted by Gasteiger charge is -2.32. The summed E-state index contributed by atoms with van der Waals surface area (Å²) in [6.45, 7) is 7.70. The van der Waals surface area contributed by atoms with Gasteiger partial charge < -0.3 is 14.8 Å². The molecular formula is C24H30N6O2. The van der Waals surface area contributed by atoms with Crippen molar-refractivity contribution < 1.29 is 9.47 Å². The molecule has 1 aliphatic rings. The van der Waals surface area contributed by atoms with Crippen LogP contribution < -0.4 is 5.32 Å². The third kappa shape index (κ3) is 6.06. The molecule has 4 heterocycles. The van der Waals surface area contributed by atoms with Crippen LogP contribution in [0.1, 0.15) is 34.6 Å². The molecule has 1 fully saturated rings. The molecule has 0 amide bonds. The third-order valence-electron chi connectivity index (χ3n) is 5.31. The van der Waals surface area contributed by atoms with Crippen molar-refractivity contribution in [3.63, 3.8) is 0 Å². The van der Waals surface area contributed by atoms with Gasteiger partial charge in [0.2, 0.25) is 0 Å². The molecule has 1 saturated heterocycles. The second-order valence-electron chi connectivity index (χ2n) is 8.06. The molecule has 0 spiro atoms. The first-order valence-electron chi connectivity index (χ1n) is 10.9. The summed E-state index contributed by atoms with van der Waals surface area (Å²) in [4.78, 5) is 20.5. The van der Waals surface area contributed by atoms with Gasteiger partial charge in [-0.25, -0.2) is 15.0 Å². The Balaban J connectivity index is 1.42. The average molecular weight is 435 g/mol. The molecule has 0 saturated carbocycles. The molecule has 0 radical (unpaired) electrons. The number of aryl methyl sites for hydroxylation is 2. The summed E-state index contributed by atoms with van der Waals surface area (Å²) in [6, 6.07) is 10.0. The van der Waals surface area contributed by atoms with E-state index in [0.717, 1.165) is 66.0 Å². The summed E-state index contributed by atoms with van der Waals surface area (Å²) in [6.07, 6.45) is 4.45. The first-order chi connectivity index (χ1) is 15.6. The normalized spacial score (nSPS) is 16.8. The zero-order valence-corrected chi connectivity index (χ0v) is 18.9. The van der Waals surface area contributed by atoms with Crippen LogP contribution in [0.5, 0.6) is 0 Å². The Morgan fingerprint density at radius 2 is 1.97 bits per heavy atom. The largest absolute Gasteiger partial charge is 0.384 e. The van der Waals surface area contributed by atoms with Gasteiger partial charge in [-0.1, -0.05) is 6.07 Å². The molecule has 168 valence electrons. The van der Waals surface area contributed by atoms with Crippen LogP contribution in [-0.2, 0) is 22.4 Å². The van der Waals surface area contributed by atoms with Crippen LogP contribution in [0.25, 0.3) is 0 Å². The van der Waals surface area contributed by atoms with Gasteiger partial charge in [0.15, 0.2) is 0 Å². The lowest BCUT2D eigenvalue weighted by atomic mass is 10.1. The molecule has 0 aliphatic carbocycles. The molecule has 0 unspecified atom stereocenters. The molecule has 1 aliphatic heterocycles. The summed E-state index contributed by atoms with van der Waals surface area (Å²) in [5.41, 5.74) is 4.90. The molecular weight excluding hydrogens is 404 g/mol. The van der Waals surface area contributed by atoms with E-state index in [2.05, 4.69) is 31.2 Å². The second kappa shape index (κ2) is 10.6. The third-order valence-corrected chi connectivity index (χ3v) is 5.31. The Morgan fingerprint density at radius 3 is 2.75 bits per heavy atom. The number of hydrogen-bond donors (Lipinski definition) is 1. The van der Waals surface area contributed by atoms with Gasteiger partial charge in [0, 0.05) is 68.2 Å².